The smallest absolute Gasteiger partial charge is 0.0593 e. The Bertz CT molecular complexity index is 306. The van der Waals surface area contributed by atoms with Gasteiger partial charge < -0.3 is 14.2 Å². The minimum absolute atomic E-state index is 0.335. The van der Waals surface area contributed by atoms with Gasteiger partial charge in [-0.1, -0.05) is 62.3 Å². The highest BCUT2D eigenvalue weighted by atomic mass is 16.5. The Balaban J connectivity index is 4.08. The Morgan fingerprint density at radius 3 is 0.893 bits per heavy atom. The van der Waals surface area contributed by atoms with E-state index in [1.165, 1.54) is 0 Å². The highest BCUT2D eigenvalue weighted by Crippen LogP contribution is 2.19. The van der Waals surface area contributed by atoms with Gasteiger partial charge in [0.05, 0.1) is 19.8 Å². The molecule has 0 radical (unpaired) electrons. The molecule has 0 rings (SSSR count). The summed E-state index contributed by atoms with van der Waals surface area (Å²) in [5.74, 6) is 0. The van der Waals surface area contributed by atoms with Crippen LogP contribution in [-0.4, -0.2) is 64.2 Å². The molecule has 0 fully saturated rings. The molecule has 0 aromatic rings. The van der Waals surface area contributed by atoms with E-state index in [4.69, 9.17) is 14.2 Å². The summed E-state index contributed by atoms with van der Waals surface area (Å²) in [6.45, 7) is 28.0. The summed E-state index contributed by atoms with van der Waals surface area (Å²) in [5.41, 5.74) is 1.00. The van der Waals surface area contributed by atoms with Crippen molar-refractivity contribution in [1.82, 2.24) is 4.90 Å². The fraction of sp³-hybridized carbons (Fsp3) is 1.00. The number of hydrogen-bond donors (Lipinski definition) is 0. The highest BCUT2D eigenvalue weighted by Gasteiger charge is 2.12. The van der Waals surface area contributed by atoms with Crippen molar-refractivity contribution in [2.45, 2.75) is 81.6 Å². The second kappa shape index (κ2) is 14.0. The largest absolute Gasteiger partial charge is 0.380 e. The number of rotatable bonds is 15. The third kappa shape index (κ3) is 22.1. The van der Waals surface area contributed by atoms with Gasteiger partial charge in [-0.15, -0.1) is 0 Å². The lowest BCUT2D eigenvalue weighted by Crippen LogP contribution is -2.34. The normalized spacial score (nSPS) is 13.5. The summed E-state index contributed by atoms with van der Waals surface area (Å²) in [6.07, 6.45) is 3.29. The van der Waals surface area contributed by atoms with Crippen LogP contribution in [0, 0.1) is 16.2 Å². The minimum Gasteiger partial charge on any atom is -0.380 e. The van der Waals surface area contributed by atoms with Crippen molar-refractivity contribution in [2.75, 3.05) is 59.3 Å². The zero-order valence-corrected chi connectivity index (χ0v) is 20.7. The fourth-order valence-electron chi connectivity index (χ4n) is 2.36. The van der Waals surface area contributed by atoms with Crippen LogP contribution in [0.15, 0.2) is 0 Å². The van der Waals surface area contributed by atoms with Gasteiger partial charge >= 0.3 is 0 Å². The molecule has 0 aromatic carbocycles. The molecule has 0 spiro atoms. The van der Waals surface area contributed by atoms with Crippen LogP contribution in [0.3, 0.4) is 0 Å². The molecule has 0 aliphatic heterocycles. The molecule has 4 heteroatoms. The van der Waals surface area contributed by atoms with Crippen LogP contribution in [0.2, 0.25) is 0 Å². The summed E-state index contributed by atoms with van der Waals surface area (Å²) in [6, 6.07) is 0. The Kier molecular flexibility index (Phi) is 13.9. The van der Waals surface area contributed by atoms with Crippen LogP contribution in [-0.2, 0) is 14.2 Å². The molecule has 0 saturated heterocycles. The number of nitrogens with zero attached hydrogens (tertiary/aromatic N) is 1. The standard InChI is InChI=1S/C24H51NO3/c1-22(2,3)10-16-26-19-13-25(14-20-27-17-11-23(4,5)6)15-21-28-18-12-24(7,8)9/h10-21H2,1-9H3. The van der Waals surface area contributed by atoms with Crippen molar-refractivity contribution in [3.8, 4) is 0 Å². The van der Waals surface area contributed by atoms with Crippen molar-refractivity contribution in [2.24, 2.45) is 16.2 Å². The monoisotopic (exact) mass is 401 g/mol. The SMILES string of the molecule is CC(C)(C)CCOCCN(CCOCCC(C)(C)C)CCOCCC(C)(C)C. The van der Waals surface area contributed by atoms with Crippen LogP contribution in [0.1, 0.15) is 81.6 Å². The van der Waals surface area contributed by atoms with E-state index in [-0.39, 0.29) is 0 Å². The quantitative estimate of drug-likeness (QED) is 0.332. The zero-order valence-electron chi connectivity index (χ0n) is 20.7. The maximum atomic E-state index is 5.86. The summed E-state index contributed by atoms with van der Waals surface area (Å²) in [7, 11) is 0. The Morgan fingerprint density at radius 2 is 0.679 bits per heavy atom. The van der Waals surface area contributed by atoms with Gasteiger partial charge in [0, 0.05) is 39.5 Å². The predicted molar refractivity (Wildman–Crippen MR) is 121 cm³/mol. The molecule has 4 nitrogen and oxygen atoms in total. The maximum Gasteiger partial charge on any atom is 0.0593 e. The first-order chi connectivity index (χ1) is 12.8. The highest BCUT2D eigenvalue weighted by molar-refractivity contribution is 4.63. The summed E-state index contributed by atoms with van der Waals surface area (Å²) >= 11 is 0. The Morgan fingerprint density at radius 1 is 0.429 bits per heavy atom. The number of ether oxygens (including phenoxy) is 3. The first kappa shape index (κ1) is 27.8. The molecule has 0 heterocycles. The van der Waals surface area contributed by atoms with Crippen molar-refractivity contribution in [1.29, 1.82) is 0 Å². The zero-order chi connectivity index (χ0) is 21.7. The third-order valence-electron chi connectivity index (χ3n) is 4.64. The first-order valence-electron chi connectivity index (χ1n) is 11.2. The molecule has 28 heavy (non-hydrogen) atoms. The fourth-order valence-corrected chi connectivity index (χ4v) is 2.36. The van der Waals surface area contributed by atoms with Crippen LogP contribution in [0.4, 0.5) is 0 Å². The third-order valence-corrected chi connectivity index (χ3v) is 4.64. The average molecular weight is 402 g/mol. The van der Waals surface area contributed by atoms with Crippen LogP contribution < -0.4 is 0 Å². The molecule has 0 bridgehead atoms. The van der Waals surface area contributed by atoms with Crippen molar-refractivity contribution in [3.63, 3.8) is 0 Å². The molecule has 0 aliphatic carbocycles. The maximum absolute atomic E-state index is 5.86. The van der Waals surface area contributed by atoms with Crippen LogP contribution in [0.5, 0.6) is 0 Å². The summed E-state index contributed by atoms with van der Waals surface area (Å²) in [5, 5.41) is 0. The second-order valence-electron chi connectivity index (χ2n) is 11.6. The van der Waals surface area contributed by atoms with Gasteiger partial charge in [-0.25, -0.2) is 0 Å². The van der Waals surface area contributed by atoms with E-state index >= 15 is 0 Å². The van der Waals surface area contributed by atoms with Crippen molar-refractivity contribution in [3.05, 3.63) is 0 Å². The minimum atomic E-state index is 0.335. The lowest BCUT2D eigenvalue weighted by Gasteiger charge is -2.24. The van der Waals surface area contributed by atoms with E-state index in [0.29, 0.717) is 16.2 Å². The van der Waals surface area contributed by atoms with Gasteiger partial charge in [-0.2, -0.15) is 0 Å². The van der Waals surface area contributed by atoms with Crippen molar-refractivity contribution < 1.29 is 14.2 Å². The molecule has 0 N–H and O–H groups in total. The Hall–Kier alpha value is -0.160. The Labute approximate surface area is 176 Å². The molecule has 0 amide bonds. The molecule has 0 aliphatic rings. The average Bonchev–Trinajstić information content (AvgIpc) is 2.49. The number of hydrogen-bond acceptors (Lipinski definition) is 4. The van der Waals surface area contributed by atoms with Crippen LogP contribution in [0.25, 0.3) is 0 Å². The second-order valence-corrected chi connectivity index (χ2v) is 11.6. The molecular formula is C24H51NO3. The van der Waals surface area contributed by atoms with Crippen molar-refractivity contribution >= 4 is 0 Å². The lowest BCUT2D eigenvalue weighted by molar-refractivity contribution is 0.0403. The molecule has 0 unspecified atom stereocenters. The van der Waals surface area contributed by atoms with Crippen LogP contribution >= 0.6 is 0 Å². The van der Waals surface area contributed by atoms with Gasteiger partial charge in [0.15, 0.2) is 0 Å². The molecule has 170 valence electrons. The molecule has 0 aromatic heterocycles. The topological polar surface area (TPSA) is 30.9 Å². The summed E-state index contributed by atoms with van der Waals surface area (Å²) < 4.78 is 17.6. The van der Waals surface area contributed by atoms with E-state index in [1.54, 1.807) is 0 Å². The molecule has 0 atom stereocenters. The van der Waals surface area contributed by atoms with Gasteiger partial charge in [0.25, 0.3) is 0 Å². The van der Waals surface area contributed by atoms with E-state index in [1.807, 2.05) is 0 Å². The van der Waals surface area contributed by atoms with Gasteiger partial charge in [0.1, 0.15) is 0 Å². The van der Waals surface area contributed by atoms with E-state index in [0.717, 1.165) is 78.5 Å². The van der Waals surface area contributed by atoms with E-state index < -0.39 is 0 Å². The summed E-state index contributed by atoms with van der Waals surface area (Å²) in [4.78, 5) is 2.41. The predicted octanol–water partition coefficient (Wildman–Crippen LogP) is 5.65. The molecular weight excluding hydrogens is 350 g/mol. The van der Waals surface area contributed by atoms with Gasteiger partial charge in [-0.05, 0) is 35.5 Å². The van der Waals surface area contributed by atoms with Gasteiger partial charge in [0.2, 0.25) is 0 Å². The first-order valence-corrected chi connectivity index (χ1v) is 11.2. The van der Waals surface area contributed by atoms with E-state index in [9.17, 15) is 0 Å². The lowest BCUT2D eigenvalue weighted by atomic mass is 9.93. The van der Waals surface area contributed by atoms with Gasteiger partial charge in [-0.3, -0.25) is 4.90 Å². The molecule has 0 saturated carbocycles. The van der Waals surface area contributed by atoms with E-state index in [2.05, 4.69) is 67.2 Å².